The number of fused-ring (bicyclic) bond motifs is 1. The van der Waals surface area contributed by atoms with Crippen LogP contribution in [0.2, 0.25) is 0 Å². The molecule has 0 heterocycles. The third kappa shape index (κ3) is 6.01. The molecule has 0 amide bonds. The van der Waals surface area contributed by atoms with Crippen LogP contribution in [0.1, 0.15) is 13.8 Å². The first kappa shape index (κ1) is 22.8. The fourth-order valence-electron chi connectivity index (χ4n) is 2.68. The van der Waals surface area contributed by atoms with Gasteiger partial charge in [0, 0.05) is 29.0 Å². The number of hydrogen-bond acceptors (Lipinski definition) is 7. The van der Waals surface area contributed by atoms with Crippen LogP contribution in [-0.2, 0) is 19.1 Å². The van der Waals surface area contributed by atoms with Gasteiger partial charge in [-0.05, 0) is 13.8 Å². The highest BCUT2D eigenvalue weighted by atomic mass is 16.6. The molecule has 7 nitrogen and oxygen atoms in total. The van der Waals surface area contributed by atoms with Crippen molar-refractivity contribution in [2.24, 2.45) is 0 Å². The summed E-state index contributed by atoms with van der Waals surface area (Å²) in [6.07, 6.45) is 1.27. The number of esters is 2. The Bertz CT molecular complexity index is 919. The molecule has 30 heavy (non-hydrogen) atoms. The van der Waals surface area contributed by atoms with E-state index in [-0.39, 0.29) is 13.2 Å². The van der Waals surface area contributed by atoms with Gasteiger partial charge in [0.2, 0.25) is 0 Å². The van der Waals surface area contributed by atoms with Crippen LogP contribution in [-0.4, -0.2) is 44.5 Å². The molecule has 0 saturated heterocycles. The molecule has 2 atom stereocenters. The van der Waals surface area contributed by atoms with Gasteiger partial charge in [0.1, 0.15) is 31.2 Å². The normalized spacial score (nSPS) is 12.4. The molecule has 0 aliphatic heterocycles. The van der Waals surface area contributed by atoms with Crippen molar-refractivity contribution in [3.8, 4) is 17.2 Å². The molecule has 0 aliphatic carbocycles. The van der Waals surface area contributed by atoms with E-state index in [1.165, 1.54) is 7.11 Å². The van der Waals surface area contributed by atoms with Crippen LogP contribution in [0.25, 0.3) is 10.8 Å². The number of carbonyl (C=O) groups is 2. The second-order valence-corrected chi connectivity index (χ2v) is 6.48. The zero-order valence-corrected chi connectivity index (χ0v) is 17.4. The smallest absolute Gasteiger partial charge is 0.330 e. The van der Waals surface area contributed by atoms with Gasteiger partial charge in [0.05, 0.1) is 7.11 Å². The molecule has 2 aromatic carbocycles. The number of rotatable bonds is 11. The molecule has 2 unspecified atom stereocenters. The molecule has 0 radical (unpaired) electrons. The lowest BCUT2D eigenvalue weighted by Gasteiger charge is -2.20. The van der Waals surface area contributed by atoms with Crippen molar-refractivity contribution in [1.29, 1.82) is 0 Å². The van der Waals surface area contributed by atoms with Gasteiger partial charge >= 0.3 is 11.9 Å². The van der Waals surface area contributed by atoms with E-state index in [2.05, 4.69) is 13.2 Å². The van der Waals surface area contributed by atoms with Crippen LogP contribution in [0.5, 0.6) is 17.2 Å². The summed E-state index contributed by atoms with van der Waals surface area (Å²) >= 11 is 0. The summed E-state index contributed by atoms with van der Waals surface area (Å²) in [7, 11) is 1.52. The minimum Gasteiger partial charge on any atom is -0.493 e. The Morgan fingerprint density at radius 2 is 1.43 bits per heavy atom. The van der Waals surface area contributed by atoms with Gasteiger partial charge in [-0.2, -0.15) is 0 Å². The molecule has 2 aromatic rings. The minimum atomic E-state index is -0.516. The van der Waals surface area contributed by atoms with Gasteiger partial charge in [0.15, 0.2) is 11.5 Å². The first-order valence-electron chi connectivity index (χ1n) is 9.41. The van der Waals surface area contributed by atoms with E-state index in [0.717, 1.165) is 22.9 Å². The SMILES string of the molecule is C=CC(=O)OC(C)COc1cc(OC)c(OCC(C)OC(=O)C=C)c2ccccc12. The van der Waals surface area contributed by atoms with Crippen LogP contribution < -0.4 is 14.2 Å². The summed E-state index contributed by atoms with van der Waals surface area (Å²) in [5, 5.41) is 1.57. The van der Waals surface area contributed by atoms with E-state index in [1.54, 1.807) is 19.9 Å². The van der Waals surface area contributed by atoms with E-state index in [1.807, 2.05) is 24.3 Å². The number of methoxy groups -OCH3 is 1. The quantitative estimate of drug-likeness (QED) is 0.408. The summed E-state index contributed by atoms with van der Waals surface area (Å²) in [5.74, 6) is 0.499. The van der Waals surface area contributed by atoms with Crippen LogP contribution >= 0.6 is 0 Å². The number of hydrogen-bond donors (Lipinski definition) is 0. The van der Waals surface area contributed by atoms with Crippen LogP contribution in [0.3, 0.4) is 0 Å². The Balaban J connectivity index is 2.25. The van der Waals surface area contributed by atoms with E-state index in [0.29, 0.717) is 17.2 Å². The number of carbonyl (C=O) groups excluding carboxylic acids is 2. The van der Waals surface area contributed by atoms with Crippen molar-refractivity contribution in [2.45, 2.75) is 26.1 Å². The van der Waals surface area contributed by atoms with Gasteiger partial charge in [-0.3, -0.25) is 0 Å². The second-order valence-electron chi connectivity index (χ2n) is 6.48. The Hall–Kier alpha value is -3.48. The maximum Gasteiger partial charge on any atom is 0.330 e. The van der Waals surface area contributed by atoms with Gasteiger partial charge in [-0.1, -0.05) is 37.4 Å². The minimum absolute atomic E-state index is 0.134. The van der Waals surface area contributed by atoms with Gasteiger partial charge in [-0.15, -0.1) is 0 Å². The van der Waals surface area contributed by atoms with Crippen LogP contribution in [0.15, 0.2) is 55.6 Å². The third-order valence-corrected chi connectivity index (χ3v) is 4.05. The zero-order valence-electron chi connectivity index (χ0n) is 17.4. The van der Waals surface area contributed by atoms with Crippen molar-refractivity contribution in [3.05, 3.63) is 55.6 Å². The first-order valence-corrected chi connectivity index (χ1v) is 9.41. The number of benzene rings is 2. The zero-order chi connectivity index (χ0) is 22.1. The Morgan fingerprint density at radius 3 is 1.97 bits per heavy atom. The Morgan fingerprint density at radius 1 is 0.900 bits per heavy atom. The monoisotopic (exact) mass is 414 g/mol. The highest BCUT2D eigenvalue weighted by molar-refractivity contribution is 5.95. The standard InChI is InChI=1S/C23H26O7/c1-6-21(24)29-15(3)13-27-19-12-20(26-5)23(18-11-9-8-10-17(18)19)28-14-16(4)30-22(25)7-2/h6-12,15-16H,1-2,13-14H2,3-5H3. The topological polar surface area (TPSA) is 80.3 Å². The Labute approximate surface area is 175 Å². The van der Waals surface area contributed by atoms with E-state index in [9.17, 15) is 9.59 Å². The fraction of sp³-hybridized carbons (Fsp3) is 0.304. The average Bonchev–Trinajstić information content (AvgIpc) is 2.75. The maximum absolute atomic E-state index is 11.4. The molecule has 2 rings (SSSR count). The van der Waals surface area contributed by atoms with Crippen molar-refractivity contribution in [2.75, 3.05) is 20.3 Å². The summed E-state index contributed by atoms with van der Waals surface area (Å²) < 4.78 is 27.6. The molecular formula is C23H26O7. The predicted octanol–water partition coefficient (Wildman–Crippen LogP) is 3.84. The van der Waals surface area contributed by atoms with Crippen molar-refractivity contribution >= 4 is 22.7 Å². The molecule has 0 fully saturated rings. The number of ether oxygens (including phenoxy) is 5. The molecular weight excluding hydrogens is 388 g/mol. The van der Waals surface area contributed by atoms with Crippen LogP contribution in [0.4, 0.5) is 0 Å². The average molecular weight is 414 g/mol. The molecule has 7 heteroatoms. The predicted molar refractivity (Wildman–Crippen MR) is 113 cm³/mol. The van der Waals surface area contributed by atoms with Gasteiger partial charge < -0.3 is 23.7 Å². The van der Waals surface area contributed by atoms with Gasteiger partial charge in [0.25, 0.3) is 0 Å². The lowest BCUT2D eigenvalue weighted by Crippen LogP contribution is -2.21. The van der Waals surface area contributed by atoms with Gasteiger partial charge in [-0.25, -0.2) is 9.59 Å². The largest absolute Gasteiger partial charge is 0.493 e. The van der Waals surface area contributed by atoms with Crippen molar-refractivity contribution in [3.63, 3.8) is 0 Å². The lowest BCUT2D eigenvalue weighted by atomic mass is 10.1. The molecule has 0 saturated carbocycles. The molecule has 0 spiro atoms. The molecule has 0 bridgehead atoms. The summed E-state index contributed by atoms with van der Waals surface area (Å²) in [5.41, 5.74) is 0. The molecule has 0 aromatic heterocycles. The fourth-order valence-corrected chi connectivity index (χ4v) is 2.68. The van der Waals surface area contributed by atoms with E-state index >= 15 is 0 Å². The summed E-state index contributed by atoms with van der Waals surface area (Å²) in [6, 6.07) is 9.22. The molecule has 0 aliphatic rings. The van der Waals surface area contributed by atoms with Crippen LogP contribution in [0, 0.1) is 0 Å². The third-order valence-electron chi connectivity index (χ3n) is 4.05. The lowest BCUT2D eigenvalue weighted by molar-refractivity contribution is -0.144. The maximum atomic E-state index is 11.4. The Kier molecular flexibility index (Phi) is 8.29. The highest BCUT2D eigenvalue weighted by Crippen LogP contribution is 2.41. The second kappa shape index (κ2) is 10.9. The first-order chi connectivity index (χ1) is 14.4. The molecule has 160 valence electrons. The van der Waals surface area contributed by atoms with E-state index < -0.39 is 24.1 Å². The van der Waals surface area contributed by atoms with Crippen molar-refractivity contribution < 1.29 is 33.3 Å². The summed E-state index contributed by atoms with van der Waals surface area (Å²) in [4.78, 5) is 22.7. The molecule has 0 N–H and O–H groups in total. The highest BCUT2D eigenvalue weighted by Gasteiger charge is 2.18. The van der Waals surface area contributed by atoms with E-state index in [4.69, 9.17) is 23.7 Å². The summed E-state index contributed by atoms with van der Waals surface area (Å²) in [6.45, 7) is 10.5. The van der Waals surface area contributed by atoms with Crippen molar-refractivity contribution in [1.82, 2.24) is 0 Å².